The van der Waals surface area contributed by atoms with Crippen LogP contribution in [0.25, 0.3) is 0 Å². The van der Waals surface area contributed by atoms with E-state index in [1.807, 2.05) is 13.8 Å². The molecule has 0 bridgehead atoms. The summed E-state index contributed by atoms with van der Waals surface area (Å²) in [4.78, 5) is 11.5. The van der Waals surface area contributed by atoms with Gasteiger partial charge in [0.25, 0.3) is 0 Å². The smallest absolute Gasteiger partial charge is 0.344 e. The summed E-state index contributed by atoms with van der Waals surface area (Å²) in [7, 11) is 0. The molecule has 7 heteroatoms. The Bertz CT molecular complexity index is 478. The average Bonchev–Trinajstić information content (AvgIpc) is 2.40. The van der Waals surface area contributed by atoms with Crippen molar-refractivity contribution in [3.05, 3.63) is 27.2 Å². The summed E-state index contributed by atoms with van der Waals surface area (Å²) < 4.78 is 15.5. The van der Waals surface area contributed by atoms with E-state index in [2.05, 4.69) is 0 Å². The molecule has 0 spiro atoms. The molecule has 0 saturated carbocycles. The molecular weight excluding hydrogens is 339 g/mol. The second-order valence-electron chi connectivity index (χ2n) is 4.67. The molecule has 0 amide bonds. The lowest BCUT2D eigenvalue weighted by Crippen LogP contribution is -2.18. The summed E-state index contributed by atoms with van der Waals surface area (Å²) in [5, 5.41) is 0.892. The van der Waals surface area contributed by atoms with Gasteiger partial charge in [-0.1, -0.05) is 48.7 Å². The summed E-state index contributed by atoms with van der Waals surface area (Å²) in [5.41, 5.74) is 0. The van der Waals surface area contributed by atoms with E-state index in [1.165, 1.54) is 12.1 Å². The van der Waals surface area contributed by atoms with Crippen LogP contribution in [0, 0.1) is 5.92 Å². The Hall–Kier alpha value is -0.680. The zero-order chi connectivity index (χ0) is 15.8. The third-order valence-corrected chi connectivity index (χ3v) is 3.28. The summed E-state index contributed by atoms with van der Waals surface area (Å²) in [6.45, 7) is 5.00. The highest BCUT2D eigenvalue weighted by Crippen LogP contribution is 2.33. The molecule has 0 N–H and O–H groups in total. The quantitative estimate of drug-likeness (QED) is 0.397. The SMILES string of the molecule is CC(C)COCCOC(=O)COc1cc(Cl)c(Cl)cc1Cl. The molecule has 0 radical (unpaired) electrons. The minimum Gasteiger partial charge on any atom is -0.480 e. The Morgan fingerprint density at radius 1 is 1.10 bits per heavy atom. The third kappa shape index (κ3) is 7.23. The van der Waals surface area contributed by atoms with Crippen LogP contribution in [0.15, 0.2) is 12.1 Å². The van der Waals surface area contributed by atoms with Gasteiger partial charge in [0.15, 0.2) is 6.61 Å². The van der Waals surface area contributed by atoms with Crippen molar-refractivity contribution in [2.45, 2.75) is 13.8 Å². The monoisotopic (exact) mass is 354 g/mol. The fourth-order valence-electron chi connectivity index (χ4n) is 1.33. The van der Waals surface area contributed by atoms with Crippen molar-refractivity contribution in [3.8, 4) is 5.75 Å². The van der Waals surface area contributed by atoms with Crippen LogP contribution in [0.3, 0.4) is 0 Å². The first kappa shape index (κ1) is 18.4. The van der Waals surface area contributed by atoms with Gasteiger partial charge in [0, 0.05) is 12.7 Å². The van der Waals surface area contributed by atoms with E-state index in [4.69, 9.17) is 49.0 Å². The predicted molar refractivity (Wildman–Crippen MR) is 83.6 cm³/mol. The summed E-state index contributed by atoms with van der Waals surface area (Å²) in [5.74, 6) is 0.213. The normalized spacial score (nSPS) is 10.8. The molecule has 1 aromatic carbocycles. The topological polar surface area (TPSA) is 44.8 Å². The Labute approximate surface area is 139 Å². The van der Waals surface area contributed by atoms with Gasteiger partial charge in [-0.2, -0.15) is 0 Å². The Morgan fingerprint density at radius 3 is 2.43 bits per heavy atom. The van der Waals surface area contributed by atoms with E-state index in [0.29, 0.717) is 29.2 Å². The molecule has 0 unspecified atom stereocenters. The first-order valence-corrected chi connectivity index (χ1v) is 7.54. The van der Waals surface area contributed by atoms with Crippen molar-refractivity contribution in [1.29, 1.82) is 0 Å². The van der Waals surface area contributed by atoms with Crippen molar-refractivity contribution >= 4 is 40.8 Å². The van der Waals surface area contributed by atoms with Gasteiger partial charge in [-0.15, -0.1) is 0 Å². The van der Waals surface area contributed by atoms with E-state index in [0.717, 1.165) is 0 Å². The number of hydrogen-bond donors (Lipinski definition) is 0. The van der Waals surface area contributed by atoms with E-state index in [-0.39, 0.29) is 24.0 Å². The minimum atomic E-state index is -0.509. The second-order valence-corrected chi connectivity index (χ2v) is 5.90. The molecule has 1 aromatic rings. The molecule has 1 rings (SSSR count). The van der Waals surface area contributed by atoms with Crippen molar-refractivity contribution in [2.24, 2.45) is 5.92 Å². The van der Waals surface area contributed by atoms with Gasteiger partial charge in [0.2, 0.25) is 0 Å². The number of halogens is 3. The molecule has 0 aliphatic carbocycles. The highest BCUT2D eigenvalue weighted by atomic mass is 35.5. The second kappa shape index (κ2) is 9.36. The summed E-state index contributed by atoms with van der Waals surface area (Å²) in [6, 6.07) is 2.90. The van der Waals surface area contributed by atoms with Crippen LogP contribution in [0.4, 0.5) is 0 Å². The van der Waals surface area contributed by atoms with Gasteiger partial charge >= 0.3 is 5.97 Å². The van der Waals surface area contributed by atoms with E-state index in [9.17, 15) is 4.79 Å². The predicted octanol–water partition coefficient (Wildman–Crippen LogP) is 4.24. The van der Waals surface area contributed by atoms with E-state index < -0.39 is 5.97 Å². The van der Waals surface area contributed by atoms with Crippen LogP contribution < -0.4 is 4.74 Å². The van der Waals surface area contributed by atoms with Gasteiger partial charge in [-0.05, 0) is 12.0 Å². The van der Waals surface area contributed by atoms with Crippen LogP contribution in [-0.4, -0.2) is 32.4 Å². The molecule has 0 aromatic heterocycles. The van der Waals surface area contributed by atoms with Crippen molar-refractivity contribution in [2.75, 3.05) is 26.4 Å². The lowest BCUT2D eigenvalue weighted by atomic mass is 10.2. The maximum atomic E-state index is 11.5. The van der Waals surface area contributed by atoms with E-state index in [1.54, 1.807) is 0 Å². The average molecular weight is 356 g/mol. The summed E-state index contributed by atoms with van der Waals surface area (Å²) in [6.07, 6.45) is 0. The van der Waals surface area contributed by atoms with Gasteiger partial charge < -0.3 is 14.2 Å². The first-order chi connectivity index (χ1) is 9.90. The molecule has 0 aliphatic rings. The molecule has 118 valence electrons. The molecule has 0 aliphatic heterocycles. The summed E-state index contributed by atoms with van der Waals surface area (Å²) >= 11 is 17.6. The van der Waals surface area contributed by atoms with Crippen LogP contribution in [-0.2, 0) is 14.3 Å². The molecule has 0 saturated heterocycles. The lowest BCUT2D eigenvalue weighted by molar-refractivity contribution is -0.147. The molecule has 0 fully saturated rings. The molecule has 4 nitrogen and oxygen atoms in total. The number of benzene rings is 1. The fraction of sp³-hybridized carbons (Fsp3) is 0.500. The van der Waals surface area contributed by atoms with Crippen LogP contribution >= 0.6 is 34.8 Å². The highest BCUT2D eigenvalue weighted by Gasteiger charge is 2.10. The van der Waals surface area contributed by atoms with E-state index >= 15 is 0 Å². The van der Waals surface area contributed by atoms with Crippen LogP contribution in [0.1, 0.15) is 13.8 Å². The van der Waals surface area contributed by atoms with Crippen LogP contribution in [0.2, 0.25) is 15.1 Å². The third-order valence-electron chi connectivity index (χ3n) is 2.26. The number of esters is 1. The van der Waals surface area contributed by atoms with Crippen LogP contribution in [0.5, 0.6) is 5.75 Å². The number of carbonyl (C=O) groups excluding carboxylic acids is 1. The lowest BCUT2D eigenvalue weighted by Gasteiger charge is -2.10. The minimum absolute atomic E-state index is 0.185. The standard InChI is InChI=1S/C14H17Cl3O4/c1-9(2)7-19-3-4-20-14(18)8-21-13-6-11(16)10(15)5-12(13)17/h5-6,9H,3-4,7-8H2,1-2H3. The van der Waals surface area contributed by atoms with Gasteiger partial charge in [-0.3, -0.25) is 0 Å². The zero-order valence-corrected chi connectivity index (χ0v) is 14.1. The van der Waals surface area contributed by atoms with Gasteiger partial charge in [-0.25, -0.2) is 4.79 Å². The van der Waals surface area contributed by atoms with Gasteiger partial charge in [0.1, 0.15) is 12.4 Å². The number of hydrogen-bond acceptors (Lipinski definition) is 4. The molecular formula is C14H17Cl3O4. The number of ether oxygens (including phenoxy) is 3. The zero-order valence-electron chi connectivity index (χ0n) is 11.8. The maximum absolute atomic E-state index is 11.5. The largest absolute Gasteiger partial charge is 0.480 e. The van der Waals surface area contributed by atoms with Crippen molar-refractivity contribution in [3.63, 3.8) is 0 Å². The van der Waals surface area contributed by atoms with Crippen molar-refractivity contribution < 1.29 is 19.0 Å². The Kier molecular flexibility index (Phi) is 8.19. The fourth-order valence-corrected chi connectivity index (χ4v) is 1.92. The molecule has 21 heavy (non-hydrogen) atoms. The Morgan fingerprint density at radius 2 is 1.76 bits per heavy atom. The van der Waals surface area contributed by atoms with Gasteiger partial charge in [0.05, 0.1) is 21.7 Å². The number of rotatable bonds is 8. The van der Waals surface area contributed by atoms with Crippen molar-refractivity contribution in [1.82, 2.24) is 0 Å². The molecule has 0 heterocycles. The first-order valence-electron chi connectivity index (χ1n) is 6.41. The maximum Gasteiger partial charge on any atom is 0.344 e. The number of carbonyl (C=O) groups is 1. The Balaban J connectivity index is 2.29. The molecule has 0 atom stereocenters. The highest BCUT2D eigenvalue weighted by molar-refractivity contribution is 6.43.